The fourth-order valence-electron chi connectivity index (χ4n) is 3.12. The molecule has 1 unspecified atom stereocenters. The van der Waals surface area contributed by atoms with Gasteiger partial charge in [-0.1, -0.05) is 12.1 Å². The van der Waals surface area contributed by atoms with Crippen LogP contribution in [0.4, 0.5) is 24.5 Å². The summed E-state index contributed by atoms with van der Waals surface area (Å²) in [6.45, 7) is 1.90. The van der Waals surface area contributed by atoms with E-state index in [1.165, 1.54) is 19.1 Å². The van der Waals surface area contributed by atoms with E-state index in [4.69, 9.17) is 4.74 Å². The number of hydrogen-bond acceptors (Lipinski definition) is 6. The standard InChI is InChI=1S/C19H17F3N4O3/c1-11-13(9-23)17(27)26(10-12-5-4-8-29-12)18(28)16(11)25-24-15-7-3-2-6-14(15)19(20,21)22/h2-3,6-7,12,27H,4-5,8,10H2,1H3. The van der Waals surface area contributed by atoms with E-state index in [9.17, 15) is 28.3 Å². The monoisotopic (exact) mass is 406 g/mol. The van der Waals surface area contributed by atoms with Crippen LogP contribution in [0.25, 0.3) is 0 Å². The highest BCUT2D eigenvalue weighted by Gasteiger charge is 2.33. The average molecular weight is 406 g/mol. The van der Waals surface area contributed by atoms with Gasteiger partial charge in [-0.25, -0.2) is 0 Å². The first-order valence-electron chi connectivity index (χ1n) is 8.80. The van der Waals surface area contributed by atoms with Gasteiger partial charge in [0.25, 0.3) is 5.56 Å². The largest absolute Gasteiger partial charge is 0.493 e. The van der Waals surface area contributed by atoms with Gasteiger partial charge in [-0.05, 0) is 31.9 Å². The Bertz CT molecular complexity index is 1050. The Morgan fingerprint density at radius 1 is 1.34 bits per heavy atom. The molecule has 0 amide bonds. The van der Waals surface area contributed by atoms with E-state index < -0.39 is 28.9 Å². The Morgan fingerprint density at radius 2 is 2.07 bits per heavy atom. The van der Waals surface area contributed by atoms with Crippen LogP contribution in [-0.4, -0.2) is 22.4 Å². The summed E-state index contributed by atoms with van der Waals surface area (Å²) in [6, 6.07) is 6.36. The number of hydrogen-bond donors (Lipinski definition) is 1. The summed E-state index contributed by atoms with van der Waals surface area (Å²) >= 11 is 0. The van der Waals surface area contributed by atoms with Gasteiger partial charge in [0.05, 0.1) is 23.9 Å². The molecule has 0 aliphatic carbocycles. The van der Waals surface area contributed by atoms with Crippen molar-refractivity contribution in [3.63, 3.8) is 0 Å². The Hall–Kier alpha value is -3.19. The maximum absolute atomic E-state index is 13.1. The van der Waals surface area contributed by atoms with Crippen LogP contribution >= 0.6 is 0 Å². The minimum Gasteiger partial charge on any atom is -0.493 e. The van der Waals surface area contributed by atoms with E-state index in [-0.39, 0.29) is 29.5 Å². The van der Waals surface area contributed by atoms with Crippen LogP contribution in [-0.2, 0) is 17.5 Å². The summed E-state index contributed by atoms with van der Waals surface area (Å²) in [5.74, 6) is -0.528. The van der Waals surface area contributed by atoms with Crippen molar-refractivity contribution < 1.29 is 23.0 Å². The molecule has 1 aliphatic heterocycles. The normalized spacial score (nSPS) is 17.0. The first-order chi connectivity index (χ1) is 13.7. The quantitative estimate of drug-likeness (QED) is 0.763. The molecule has 0 bridgehead atoms. The highest BCUT2D eigenvalue weighted by atomic mass is 19.4. The predicted octanol–water partition coefficient (Wildman–Crippen LogP) is 4.35. The van der Waals surface area contributed by atoms with Crippen molar-refractivity contribution in [1.29, 1.82) is 5.26 Å². The first kappa shape index (κ1) is 20.5. The van der Waals surface area contributed by atoms with Crippen LogP contribution in [0.2, 0.25) is 0 Å². The SMILES string of the molecule is Cc1c(C#N)c(O)n(CC2CCCO2)c(=O)c1N=Nc1ccccc1C(F)(F)F. The smallest absolute Gasteiger partial charge is 0.418 e. The number of rotatable bonds is 4. The highest BCUT2D eigenvalue weighted by Crippen LogP contribution is 2.37. The number of aromatic nitrogens is 1. The molecule has 0 spiro atoms. The zero-order valence-electron chi connectivity index (χ0n) is 15.4. The number of ether oxygens (including phenoxy) is 1. The number of nitriles is 1. The lowest BCUT2D eigenvalue weighted by Gasteiger charge is -2.16. The lowest BCUT2D eigenvalue weighted by molar-refractivity contribution is -0.137. The number of alkyl halides is 3. The molecule has 2 heterocycles. The van der Waals surface area contributed by atoms with Crippen molar-refractivity contribution in [2.45, 2.75) is 38.6 Å². The van der Waals surface area contributed by atoms with Crippen LogP contribution in [0.15, 0.2) is 39.3 Å². The van der Waals surface area contributed by atoms with Gasteiger partial charge in [0.1, 0.15) is 11.6 Å². The Labute approximate surface area is 163 Å². The second-order valence-electron chi connectivity index (χ2n) is 6.55. The molecule has 1 saturated heterocycles. The number of halogens is 3. The van der Waals surface area contributed by atoms with E-state index in [2.05, 4.69) is 10.2 Å². The Balaban J connectivity index is 2.09. The van der Waals surface area contributed by atoms with E-state index in [1.807, 2.05) is 0 Å². The van der Waals surface area contributed by atoms with Crippen LogP contribution in [0, 0.1) is 18.3 Å². The second-order valence-corrected chi connectivity index (χ2v) is 6.55. The molecule has 3 rings (SSSR count). The first-order valence-corrected chi connectivity index (χ1v) is 8.80. The molecule has 0 radical (unpaired) electrons. The maximum Gasteiger partial charge on any atom is 0.418 e. The summed E-state index contributed by atoms with van der Waals surface area (Å²) in [7, 11) is 0. The minimum absolute atomic E-state index is 0.00127. The van der Waals surface area contributed by atoms with Gasteiger partial charge in [0.2, 0.25) is 5.88 Å². The number of aromatic hydroxyl groups is 1. The molecule has 1 aliphatic rings. The third-order valence-corrected chi connectivity index (χ3v) is 4.65. The molecular weight excluding hydrogens is 389 g/mol. The van der Waals surface area contributed by atoms with Crippen molar-refractivity contribution in [1.82, 2.24) is 4.57 Å². The maximum atomic E-state index is 13.1. The molecule has 152 valence electrons. The van der Waals surface area contributed by atoms with Crippen LogP contribution in [0.1, 0.15) is 29.5 Å². The molecule has 2 aromatic rings. The summed E-state index contributed by atoms with van der Waals surface area (Å²) in [6.07, 6.45) is -3.48. The molecule has 10 heteroatoms. The molecule has 1 aromatic carbocycles. The summed E-state index contributed by atoms with van der Waals surface area (Å²) in [4.78, 5) is 12.8. The molecule has 7 nitrogen and oxygen atoms in total. The zero-order valence-corrected chi connectivity index (χ0v) is 15.4. The van der Waals surface area contributed by atoms with Gasteiger partial charge in [-0.2, -0.15) is 18.4 Å². The summed E-state index contributed by atoms with van der Waals surface area (Å²) < 4.78 is 45.8. The zero-order chi connectivity index (χ0) is 21.2. The van der Waals surface area contributed by atoms with Gasteiger partial charge in [0, 0.05) is 12.2 Å². The number of azo groups is 1. The lowest BCUT2D eigenvalue weighted by Crippen LogP contribution is -2.27. The van der Waals surface area contributed by atoms with E-state index in [1.54, 1.807) is 6.07 Å². The number of nitrogens with zero attached hydrogens (tertiary/aromatic N) is 4. The van der Waals surface area contributed by atoms with Gasteiger partial charge in [-0.15, -0.1) is 10.2 Å². The molecule has 1 fully saturated rings. The molecule has 1 aromatic heterocycles. The van der Waals surface area contributed by atoms with E-state index in [0.29, 0.717) is 13.0 Å². The number of pyridine rings is 1. The molecule has 1 N–H and O–H groups in total. The Morgan fingerprint density at radius 3 is 2.69 bits per heavy atom. The van der Waals surface area contributed by atoms with Gasteiger partial charge in [-0.3, -0.25) is 9.36 Å². The minimum atomic E-state index is -4.64. The predicted molar refractivity (Wildman–Crippen MR) is 96.4 cm³/mol. The van der Waals surface area contributed by atoms with Gasteiger partial charge >= 0.3 is 6.18 Å². The van der Waals surface area contributed by atoms with Gasteiger partial charge in [0.15, 0.2) is 5.69 Å². The van der Waals surface area contributed by atoms with E-state index >= 15 is 0 Å². The molecule has 29 heavy (non-hydrogen) atoms. The third kappa shape index (κ3) is 4.14. The van der Waals surface area contributed by atoms with Crippen LogP contribution in [0.5, 0.6) is 5.88 Å². The topological polar surface area (TPSA) is 100.0 Å². The van der Waals surface area contributed by atoms with E-state index in [0.717, 1.165) is 23.1 Å². The molecular formula is C19H17F3N4O3. The van der Waals surface area contributed by atoms with Crippen LogP contribution < -0.4 is 5.56 Å². The molecule has 1 atom stereocenters. The summed E-state index contributed by atoms with van der Waals surface area (Å²) in [5.41, 5.74) is -2.69. The van der Waals surface area contributed by atoms with Gasteiger partial charge < -0.3 is 9.84 Å². The highest BCUT2D eigenvalue weighted by molar-refractivity contribution is 5.57. The Kier molecular flexibility index (Phi) is 5.70. The lowest BCUT2D eigenvalue weighted by atomic mass is 10.1. The third-order valence-electron chi connectivity index (χ3n) is 4.65. The molecule has 0 saturated carbocycles. The van der Waals surface area contributed by atoms with Crippen molar-refractivity contribution in [3.05, 3.63) is 51.3 Å². The van der Waals surface area contributed by atoms with Crippen LogP contribution in [0.3, 0.4) is 0 Å². The number of benzene rings is 1. The second kappa shape index (κ2) is 8.05. The van der Waals surface area contributed by atoms with Crippen molar-refractivity contribution in [2.24, 2.45) is 10.2 Å². The van der Waals surface area contributed by atoms with Crippen molar-refractivity contribution in [2.75, 3.05) is 6.61 Å². The fraction of sp³-hybridized carbons (Fsp3) is 0.368. The van der Waals surface area contributed by atoms with Crippen molar-refractivity contribution >= 4 is 11.4 Å². The summed E-state index contributed by atoms with van der Waals surface area (Å²) in [5, 5.41) is 27.0. The van der Waals surface area contributed by atoms with Crippen molar-refractivity contribution in [3.8, 4) is 11.9 Å². The fourth-order valence-corrected chi connectivity index (χ4v) is 3.12. The average Bonchev–Trinajstić information content (AvgIpc) is 3.18.